The van der Waals surface area contributed by atoms with Crippen LogP contribution in [0, 0.1) is 4.77 Å². The minimum atomic E-state index is -0.00165. The van der Waals surface area contributed by atoms with Crippen molar-refractivity contribution in [1.29, 1.82) is 0 Å². The van der Waals surface area contributed by atoms with Gasteiger partial charge < -0.3 is 14.7 Å². The molecule has 0 amide bonds. The van der Waals surface area contributed by atoms with Crippen LogP contribution in [-0.4, -0.2) is 14.7 Å². The van der Waals surface area contributed by atoms with Crippen molar-refractivity contribution >= 4 is 35.2 Å². The molecule has 0 bridgehead atoms. The Bertz CT molecular complexity index is 529. The zero-order valence-corrected chi connectivity index (χ0v) is 10.8. The zero-order chi connectivity index (χ0) is 11.5. The van der Waals surface area contributed by atoms with E-state index >= 15 is 0 Å². The average Bonchev–Trinajstić information content (AvgIpc) is 2.82. The van der Waals surface area contributed by atoms with Gasteiger partial charge in [-0.1, -0.05) is 11.6 Å². The summed E-state index contributed by atoms with van der Waals surface area (Å²) in [5.41, 5.74) is 0.813. The molecular formula is C10H11ClN2OS2. The summed E-state index contributed by atoms with van der Waals surface area (Å²) in [4.78, 5) is 4.14. The van der Waals surface area contributed by atoms with Crippen molar-refractivity contribution in [2.45, 2.75) is 19.6 Å². The lowest BCUT2D eigenvalue weighted by Gasteiger charge is -2.04. The van der Waals surface area contributed by atoms with E-state index in [-0.39, 0.29) is 6.61 Å². The van der Waals surface area contributed by atoms with Gasteiger partial charge in [0.2, 0.25) is 0 Å². The molecule has 0 aliphatic rings. The molecule has 0 aliphatic carbocycles. The molecule has 0 saturated carbocycles. The van der Waals surface area contributed by atoms with E-state index in [1.165, 1.54) is 4.88 Å². The van der Waals surface area contributed by atoms with Crippen molar-refractivity contribution in [2.24, 2.45) is 0 Å². The zero-order valence-electron chi connectivity index (χ0n) is 8.44. The molecule has 2 N–H and O–H groups in total. The van der Waals surface area contributed by atoms with Gasteiger partial charge in [0.05, 0.1) is 16.6 Å². The van der Waals surface area contributed by atoms with Gasteiger partial charge in [-0.05, 0) is 30.8 Å². The van der Waals surface area contributed by atoms with Crippen LogP contribution in [0.5, 0.6) is 0 Å². The molecule has 0 radical (unpaired) electrons. The number of aromatic amines is 1. The first-order chi connectivity index (χ1) is 7.70. The lowest BCUT2D eigenvalue weighted by Crippen LogP contribution is -2.04. The predicted octanol–water partition coefficient (Wildman–Crippen LogP) is 3.00. The minimum absolute atomic E-state index is 0.00165. The molecule has 2 heterocycles. The Labute approximate surface area is 107 Å². The number of H-pyrrole nitrogens is 1. The molecule has 0 aromatic carbocycles. The summed E-state index contributed by atoms with van der Waals surface area (Å²) in [7, 11) is 0. The quantitative estimate of drug-likeness (QED) is 0.842. The van der Waals surface area contributed by atoms with Crippen LogP contribution in [-0.2, 0) is 19.6 Å². The molecule has 0 fully saturated rings. The monoisotopic (exact) mass is 274 g/mol. The first kappa shape index (κ1) is 11.9. The number of aromatic nitrogens is 2. The number of nitrogens with one attached hydrogen (secondary N) is 1. The highest BCUT2D eigenvalue weighted by atomic mass is 35.5. The maximum absolute atomic E-state index is 9.13. The Kier molecular flexibility index (Phi) is 3.81. The van der Waals surface area contributed by atoms with Gasteiger partial charge in [-0.15, -0.1) is 11.3 Å². The molecule has 6 heteroatoms. The van der Waals surface area contributed by atoms with E-state index in [1.54, 1.807) is 17.5 Å². The number of halogens is 1. The molecule has 86 valence electrons. The fraction of sp³-hybridized carbons (Fsp3) is 0.300. The van der Waals surface area contributed by atoms with Gasteiger partial charge in [-0.25, -0.2) is 0 Å². The average molecular weight is 275 g/mol. The minimum Gasteiger partial charge on any atom is -0.390 e. The predicted molar refractivity (Wildman–Crippen MR) is 68.6 cm³/mol. The molecule has 0 aliphatic heterocycles. The molecule has 0 spiro atoms. The Morgan fingerprint density at radius 3 is 2.94 bits per heavy atom. The van der Waals surface area contributed by atoms with Gasteiger partial charge in [0.1, 0.15) is 0 Å². The molecule has 0 unspecified atom stereocenters. The van der Waals surface area contributed by atoms with Crippen LogP contribution in [0.4, 0.5) is 0 Å². The van der Waals surface area contributed by atoms with E-state index in [0.717, 1.165) is 23.0 Å². The Balaban J connectivity index is 2.09. The maximum Gasteiger partial charge on any atom is 0.177 e. The van der Waals surface area contributed by atoms with Gasteiger partial charge in [0.25, 0.3) is 0 Å². The fourth-order valence-electron chi connectivity index (χ4n) is 1.52. The van der Waals surface area contributed by atoms with E-state index in [1.807, 2.05) is 16.7 Å². The number of aliphatic hydroxyl groups excluding tert-OH is 1. The Morgan fingerprint density at radius 1 is 1.50 bits per heavy atom. The second kappa shape index (κ2) is 5.14. The summed E-state index contributed by atoms with van der Waals surface area (Å²) in [6, 6.07) is 3.91. The third-order valence-electron chi connectivity index (χ3n) is 2.33. The molecule has 3 nitrogen and oxygen atoms in total. The van der Waals surface area contributed by atoms with Crippen LogP contribution >= 0.6 is 35.2 Å². The number of thiophene rings is 1. The molecule has 2 aromatic heterocycles. The smallest absolute Gasteiger partial charge is 0.177 e. The van der Waals surface area contributed by atoms with Gasteiger partial charge in [0, 0.05) is 17.6 Å². The van der Waals surface area contributed by atoms with Crippen molar-refractivity contribution in [1.82, 2.24) is 9.55 Å². The summed E-state index contributed by atoms with van der Waals surface area (Å²) in [5, 5.41) is 9.13. The van der Waals surface area contributed by atoms with E-state index in [0.29, 0.717) is 4.77 Å². The number of hydrogen-bond acceptors (Lipinski definition) is 3. The molecule has 0 atom stereocenters. The van der Waals surface area contributed by atoms with E-state index in [9.17, 15) is 0 Å². The summed E-state index contributed by atoms with van der Waals surface area (Å²) >= 11 is 12.6. The Hall–Kier alpha value is -0.620. The Morgan fingerprint density at radius 2 is 2.31 bits per heavy atom. The number of nitrogens with zero attached hydrogens (tertiary/aromatic N) is 1. The SMILES string of the molecule is OCc1c[nH]c(=S)n1CCc1ccc(Cl)s1. The van der Waals surface area contributed by atoms with Crippen LogP contribution in [0.3, 0.4) is 0 Å². The molecule has 2 rings (SSSR count). The molecule has 16 heavy (non-hydrogen) atoms. The topological polar surface area (TPSA) is 40.9 Å². The highest BCUT2D eigenvalue weighted by molar-refractivity contribution is 7.71. The largest absolute Gasteiger partial charge is 0.390 e. The number of rotatable bonds is 4. The molecular weight excluding hydrogens is 264 g/mol. The van der Waals surface area contributed by atoms with Crippen molar-refractivity contribution < 1.29 is 5.11 Å². The second-order valence-corrected chi connectivity index (χ2v) is 5.54. The number of hydrogen-bond donors (Lipinski definition) is 2. The van der Waals surface area contributed by atoms with Crippen molar-refractivity contribution in [3.63, 3.8) is 0 Å². The van der Waals surface area contributed by atoms with Crippen molar-refractivity contribution in [3.05, 3.63) is 38.0 Å². The van der Waals surface area contributed by atoms with Crippen LogP contribution in [0.15, 0.2) is 18.3 Å². The van der Waals surface area contributed by atoms with Crippen LogP contribution < -0.4 is 0 Å². The lowest BCUT2D eigenvalue weighted by molar-refractivity contribution is 0.270. The third kappa shape index (κ3) is 2.55. The summed E-state index contributed by atoms with van der Waals surface area (Å²) in [5.74, 6) is 0. The first-order valence-corrected chi connectivity index (χ1v) is 6.43. The normalized spacial score (nSPS) is 10.9. The van der Waals surface area contributed by atoms with Gasteiger partial charge >= 0.3 is 0 Å². The molecule has 0 saturated heterocycles. The summed E-state index contributed by atoms with van der Waals surface area (Å²) in [6.07, 6.45) is 2.61. The van der Waals surface area contributed by atoms with Crippen molar-refractivity contribution in [3.8, 4) is 0 Å². The van der Waals surface area contributed by atoms with E-state index in [4.69, 9.17) is 28.9 Å². The van der Waals surface area contributed by atoms with Crippen LogP contribution in [0.2, 0.25) is 4.34 Å². The first-order valence-electron chi connectivity index (χ1n) is 4.83. The number of aryl methyl sites for hydroxylation is 1. The van der Waals surface area contributed by atoms with Crippen molar-refractivity contribution in [2.75, 3.05) is 0 Å². The number of aliphatic hydroxyl groups is 1. The standard InChI is InChI=1S/C10H11ClN2OS2/c11-9-2-1-8(16-9)3-4-13-7(6-14)5-12-10(13)15/h1-2,5,14H,3-4,6H2,(H,12,15). The lowest BCUT2D eigenvalue weighted by atomic mass is 10.3. The van der Waals surface area contributed by atoms with Gasteiger partial charge in [0.15, 0.2) is 4.77 Å². The fourth-order valence-corrected chi connectivity index (χ4v) is 2.86. The third-order valence-corrected chi connectivity index (χ3v) is 3.96. The van der Waals surface area contributed by atoms with E-state index < -0.39 is 0 Å². The van der Waals surface area contributed by atoms with E-state index in [2.05, 4.69) is 4.98 Å². The van der Waals surface area contributed by atoms with Gasteiger partial charge in [-0.3, -0.25) is 0 Å². The highest BCUT2D eigenvalue weighted by Gasteiger charge is 2.04. The van der Waals surface area contributed by atoms with Crippen LogP contribution in [0.1, 0.15) is 10.6 Å². The molecule has 2 aromatic rings. The maximum atomic E-state index is 9.13. The second-order valence-electron chi connectivity index (χ2n) is 3.35. The number of imidazole rings is 1. The summed E-state index contributed by atoms with van der Waals surface area (Å²) in [6.45, 7) is 0.757. The highest BCUT2D eigenvalue weighted by Crippen LogP contribution is 2.22. The summed E-state index contributed by atoms with van der Waals surface area (Å²) < 4.78 is 3.35. The van der Waals surface area contributed by atoms with Crippen LogP contribution in [0.25, 0.3) is 0 Å². The van der Waals surface area contributed by atoms with Gasteiger partial charge in [-0.2, -0.15) is 0 Å².